The lowest BCUT2D eigenvalue weighted by Crippen LogP contribution is -2.34. The molecular weight excluding hydrogens is 274 g/mol. The maximum Gasteiger partial charge on any atom is 0.279 e. The summed E-state index contributed by atoms with van der Waals surface area (Å²) >= 11 is 0. The summed E-state index contributed by atoms with van der Waals surface area (Å²) in [6.07, 6.45) is 4.47. The summed E-state index contributed by atoms with van der Waals surface area (Å²) in [4.78, 5) is 17.1. The lowest BCUT2D eigenvalue weighted by Gasteiger charge is -2.36. The van der Waals surface area contributed by atoms with Crippen LogP contribution in [0.3, 0.4) is 0 Å². The van der Waals surface area contributed by atoms with Crippen LogP contribution in [0.4, 0.5) is 0 Å². The summed E-state index contributed by atoms with van der Waals surface area (Å²) in [6.45, 7) is 6.93. The monoisotopic (exact) mass is 299 g/mol. The molecule has 0 spiro atoms. The van der Waals surface area contributed by atoms with Gasteiger partial charge in [0.2, 0.25) is 0 Å². The zero-order chi connectivity index (χ0) is 15.9. The first kappa shape index (κ1) is 15.1. The van der Waals surface area contributed by atoms with Crippen molar-refractivity contribution >= 4 is 10.9 Å². The molecule has 0 aliphatic heterocycles. The average Bonchev–Trinajstić information content (AvgIpc) is 2.50. The number of benzene rings is 1. The standard InChI is InChI=1S/C18H25N3O/c1-18(2,3)13-10-8-12(9-11-13)16-20-15-7-5-4-6-14(15)17(22)21(16)19/h4-7,12-13H,8-11,19H2,1-3H3. The molecule has 0 radical (unpaired) electrons. The summed E-state index contributed by atoms with van der Waals surface area (Å²) in [7, 11) is 0. The van der Waals surface area contributed by atoms with Gasteiger partial charge < -0.3 is 5.84 Å². The van der Waals surface area contributed by atoms with Crippen LogP contribution in [-0.4, -0.2) is 9.66 Å². The Balaban J connectivity index is 1.92. The van der Waals surface area contributed by atoms with Crippen LogP contribution < -0.4 is 11.4 Å². The topological polar surface area (TPSA) is 60.9 Å². The number of nitrogens with two attached hydrogens (primary N) is 1. The molecule has 1 aromatic carbocycles. The van der Waals surface area contributed by atoms with Gasteiger partial charge in [-0.15, -0.1) is 0 Å². The lowest BCUT2D eigenvalue weighted by atomic mass is 9.69. The Morgan fingerprint density at radius 3 is 2.41 bits per heavy atom. The Morgan fingerprint density at radius 2 is 1.77 bits per heavy atom. The molecule has 4 heteroatoms. The number of nitrogens with zero attached hydrogens (tertiary/aromatic N) is 2. The van der Waals surface area contributed by atoms with Gasteiger partial charge in [0, 0.05) is 5.92 Å². The third kappa shape index (κ3) is 2.62. The highest BCUT2D eigenvalue weighted by Gasteiger charge is 2.31. The van der Waals surface area contributed by atoms with Crippen LogP contribution in [0.1, 0.15) is 58.2 Å². The van der Waals surface area contributed by atoms with E-state index in [1.807, 2.05) is 18.2 Å². The van der Waals surface area contributed by atoms with Crippen molar-refractivity contribution in [1.29, 1.82) is 0 Å². The van der Waals surface area contributed by atoms with Crippen molar-refractivity contribution in [3.05, 3.63) is 40.4 Å². The molecule has 1 aliphatic rings. The maximum atomic E-state index is 12.4. The van der Waals surface area contributed by atoms with Crippen LogP contribution in [0.5, 0.6) is 0 Å². The van der Waals surface area contributed by atoms with Gasteiger partial charge in [-0.1, -0.05) is 32.9 Å². The van der Waals surface area contributed by atoms with Crippen LogP contribution in [-0.2, 0) is 0 Å². The molecule has 1 saturated carbocycles. The SMILES string of the molecule is CC(C)(C)C1CCC(c2nc3ccccc3c(=O)n2N)CC1. The molecular formula is C18H25N3O. The molecule has 118 valence electrons. The molecule has 0 amide bonds. The number of aromatic nitrogens is 2. The van der Waals surface area contributed by atoms with Gasteiger partial charge >= 0.3 is 0 Å². The smallest absolute Gasteiger partial charge is 0.279 e. The second-order valence-corrected chi connectivity index (χ2v) is 7.58. The van der Waals surface area contributed by atoms with E-state index in [0.717, 1.165) is 30.1 Å². The van der Waals surface area contributed by atoms with Crippen molar-refractivity contribution in [2.24, 2.45) is 11.3 Å². The van der Waals surface area contributed by atoms with Crippen molar-refractivity contribution < 1.29 is 0 Å². The van der Waals surface area contributed by atoms with Crippen molar-refractivity contribution in [3.63, 3.8) is 0 Å². The lowest BCUT2D eigenvalue weighted by molar-refractivity contribution is 0.166. The number of fused-ring (bicyclic) bond motifs is 1. The highest BCUT2D eigenvalue weighted by molar-refractivity contribution is 5.77. The van der Waals surface area contributed by atoms with E-state index in [1.165, 1.54) is 17.5 Å². The second kappa shape index (κ2) is 5.41. The summed E-state index contributed by atoms with van der Waals surface area (Å²) in [5, 5.41) is 0.595. The Hall–Kier alpha value is -1.84. The molecule has 0 unspecified atom stereocenters. The first-order valence-electron chi connectivity index (χ1n) is 8.14. The molecule has 3 rings (SSSR count). The zero-order valence-electron chi connectivity index (χ0n) is 13.7. The minimum absolute atomic E-state index is 0.140. The highest BCUT2D eigenvalue weighted by Crippen LogP contribution is 2.42. The molecule has 4 nitrogen and oxygen atoms in total. The van der Waals surface area contributed by atoms with Gasteiger partial charge in [0.1, 0.15) is 5.82 Å². The van der Waals surface area contributed by atoms with E-state index in [0.29, 0.717) is 16.7 Å². The average molecular weight is 299 g/mol. The number of nitrogen functional groups attached to an aromatic ring is 1. The van der Waals surface area contributed by atoms with Crippen molar-refractivity contribution in [2.45, 2.75) is 52.4 Å². The van der Waals surface area contributed by atoms with E-state index in [2.05, 4.69) is 25.8 Å². The van der Waals surface area contributed by atoms with Crippen LogP contribution in [0.2, 0.25) is 0 Å². The van der Waals surface area contributed by atoms with Crippen molar-refractivity contribution in [3.8, 4) is 0 Å². The van der Waals surface area contributed by atoms with Gasteiger partial charge in [-0.2, -0.15) is 0 Å². The van der Waals surface area contributed by atoms with Crippen molar-refractivity contribution in [2.75, 3.05) is 5.84 Å². The van der Waals surface area contributed by atoms with Gasteiger partial charge in [-0.25, -0.2) is 9.66 Å². The van der Waals surface area contributed by atoms with E-state index in [4.69, 9.17) is 5.84 Å². The van der Waals surface area contributed by atoms with Crippen LogP contribution in [0, 0.1) is 11.3 Å². The molecule has 0 atom stereocenters. The van der Waals surface area contributed by atoms with Gasteiger partial charge in [0.05, 0.1) is 10.9 Å². The van der Waals surface area contributed by atoms with Gasteiger partial charge in [0.25, 0.3) is 5.56 Å². The van der Waals surface area contributed by atoms with E-state index in [9.17, 15) is 4.79 Å². The molecule has 22 heavy (non-hydrogen) atoms. The predicted octanol–water partition coefficient (Wildman–Crippen LogP) is 3.43. The zero-order valence-corrected chi connectivity index (χ0v) is 13.7. The van der Waals surface area contributed by atoms with E-state index >= 15 is 0 Å². The Bertz CT molecular complexity index is 734. The predicted molar refractivity (Wildman–Crippen MR) is 90.3 cm³/mol. The molecule has 2 N–H and O–H groups in total. The normalized spacial score (nSPS) is 22.9. The van der Waals surface area contributed by atoms with Crippen molar-refractivity contribution in [1.82, 2.24) is 9.66 Å². The second-order valence-electron chi connectivity index (χ2n) is 7.58. The Labute approximate surface area is 131 Å². The molecule has 1 fully saturated rings. The minimum Gasteiger partial charge on any atom is -0.335 e. The number of hydrogen-bond donors (Lipinski definition) is 1. The quantitative estimate of drug-likeness (QED) is 0.821. The fraction of sp³-hybridized carbons (Fsp3) is 0.556. The van der Waals surface area contributed by atoms with E-state index < -0.39 is 0 Å². The Kier molecular flexibility index (Phi) is 3.71. The first-order valence-corrected chi connectivity index (χ1v) is 8.14. The third-order valence-corrected chi connectivity index (χ3v) is 5.15. The molecule has 1 aromatic heterocycles. The van der Waals surface area contributed by atoms with Crippen LogP contribution in [0.15, 0.2) is 29.1 Å². The van der Waals surface area contributed by atoms with E-state index in [1.54, 1.807) is 6.07 Å². The molecule has 2 aromatic rings. The van der Waals surface area contributed by atoms with Gasteiger partial charge in [-0.3, -0.25) is 4.79 Å². The Morgan fingerprint density at radius 1 is 1.14 bits per heavy atom. The number of hydrogen-bond acceptors (Lipinski definition) is 3. The van der Waals surface area contributed by atoms with Gasteiger partial charge in [-0.05, 0) is 49.1 Å². The summed E-state index contributed by atoms with van der Waals surface area (Å²) < 4.78 is 1.27. The van der Waals surface area contributed by atoms with Gasteiger partial charge in [0.15, 0.2) is 0 Å². The fourth-order valence-corrected chi connectivity index (χ4v) is 3.67. The number of para-hydroxylation sites is 1. The molecule has 0 bridgehead atoms. The first-order chi connectivity index (χ1) is 10.4. The molecule has 0 saturated heterocycles. The summed E-state index contributed by atoms with van der Waals surface area (Å²) in [5.41, 5.74) is 0.963. The summed E-state index contributed by atoms with van der Waals surface area (Å²) in [6, 6.07) is 7.44. The highest BCUT2D eigenvalue weighted by atomic mass is 16.1. The van der Waals surface area contributed by atoms with Crippen LogP contribution in [0.25, 0.3) is 10.9 Å². The fourth-order valence-electron chi connectivity index (χ4n) is 3.67. The summed E-state index contributed by atoms with van der Waals surface area (Å²) in [5.74, 6) is 7.82. The van der Waals surface area contributed by atoms with E-state index in [-0.39, 0.29) is 5.56 Å². The third-order valence-electron chi connectivity index (χ3n) is 5.15. The largest absolute Gasteiger partial charge is 0.335 e. The minimum atomic E-state index is -0.140. The maximum absolute atomic E-state index is 12.4. The number of rotatable bonds is 1. The van der Waals surface area contributed by atoms with Crippen LogP contribution >= 0.6 is 0 Å². The molecule has 1 aliphatic carbocycles. The molecule has 1 heterocycles.